The lowest BCUT2D eigenvalue weighted by Crippen LogP contribution is -2.36. The van der Waals surface area contributed by atoms with Crippen molar-refractivity contribution in [3.05, 3.63) is 40.3 Å². The number of carboxylic acids is 1. The van der Waals surface area contributed by atoms with Crippen LogP contribution in [0.3, 0.4) is 0 Å². The standard InChI is InChI=1S/C15H15N3O4/c19-12(17-7-3-4-8-17)9-18-14(20)11-6-2-1-5-10(11)13(16-18)15(21)22/h1-2,5-6H,3-4,7-9H2,(H,21,22). The van der Waals surface area contributed by atoms with Crippen LogP contribution in [0, 0.1) is 0 Å². The molecule has 1 fully saturated rings. The molecule has 0 radical (unpaired) electrons. The fourth-order valence-electron chi connectivity index (χ4n) is 2.69. The molecule has 114 valence electrons. The minimum absolute atomic E-state index is 0.210. The molecule has 1 aliphatic heterocycles. The zero-order valence-electron chi connectivity index (χ0n) is 11.9. The number of hydrogen-bond donors (Lipinski definition) is 1. The highest BCUT2D eigenvalue weighted by Gasteiger charge is 2.21. The third kappa shape index (κ3) is 2.45. The highest BCUT2D eigenvalue weighted by molar-refractivity contribution is 6.01. The van der Waals surface area contributed by atoms with Gasteiger partial charge in [0.2, 0.25) is 5.91 Å². The van der Waals surface area contributed by atoms with E-state index in [0.29, 0.717) is 13.1 Å². The van der Waals surface area contributed by atoms with Crippen LogP contribution in [0.5, 0.6) is 0 Å². The molecule has 1 aromatic heterocycles. The molecule has 7 nitrogen and oxygen atoms in total. The Labute approximate surface area is 125 Å². The molecular weight excluding hydrogens is 286 g/mol. The molecule has 0 aliphatic carbocycles. The van der Waals surface area contributed by atoms with Gasteiger partial charge in [0.1, 0.15) is 6.54 Å². The van der Waals surface area contributed by atoms with Crippen LogP contribution < -0.4 is 5.56 Å². The predicted molar refractivity (Wildman–Crippen MR) is 78.8 cm³/mol. The Morgan fingerprint density at radius 3 is 2.41 bits per heavy atom. The molecule has 0 saturated carbocycles. The van der Waals surface area contributed by atoms with E-state index in [2.05, 4.69) is 5.10 Å². The molecule has 1 aromatic carbocycles. The summed E-state index contributed by atoms with van der Waals surface area (Å²) in [5, 5.41) is 13.7. The number of carbonyl (C=O) groups is 2. The molecule has 2 aromatic rings. The first-order valence-corrected chi connectivity index (χ1v) is 7.09. The molecule has 1 amide bonds. The van der Waals surface area contributed by atoms with Crippen molar-refractivity contribution in [3.8, 4) is 0 Å². The van der Waals surface area contributed by atoms with Crippen LogP contribution in [0.2, 0.25) is 0 Å². The Hall–Kier alpha value is -2.70. The molecule has 1 saturated heterocycles. The molecule has 22 heavy (non-hydrogen) atoms. The van der Waals surface area contributed by atoms with E-state index in [1.807, 2.05) is 0 Å². The third-order valence-corrected chi connectivity index (χ3v) is 3.81. The zero-order chi connectivity index (χ0) is 15.7. The molecule has 2 heterocycles. The van der Waals surface area contributed by atoms with E-state index in [1.54, 1.807) is 29.2 Å². The number of carbonyl (C=O) groups excluding carboxylic acids is 1. The summed E-state index contributed by atoms with van der Waals surface area (Å²) in [5.41, 5.74) is -0.669. The molecule has 1 aliphatic rings. The fourth-order valence-corrected chi connectivity index (χ4v) is 2.69. The number of fused-ring (bicyclic) bond motifs is 1. The third-order valence-electron chi connectivity index (χ3n) is 3.81. The summed E-state index contributed by atoms with van der Waals surface area (Å²) in [6.45, 7) is 1.11. The van der Waals surface area contributed by atoms with Crippen molar-refractivity contribution in [3.63, 3.8) is 0 Å². The minimum atomic E-state index is -1.22. The van der Waals surface area contributed by atoms with E-state index in [-0.39, 0.29) is 28.9 Å². The van der Waals surface area contributed by atoms with Gasteiger partial charge >= 0.3 is 5.97 Å². The van der Waals surface area contributed by atoms with E-state index >= 15 is 0 Å². The molecule has 0 bridgehead atoms. The lowest BCUT2D eigenvalue weighted by atomic mass is 10.1. The Morgan fingerprint density at radius 2 is 1.77 bits per heavy atom. The monoisotopic (exact) mass is 301 g/mol. The van der Waals surface area contributed by atoms with E-state index in [1.165, 1.54) is 0 Å². The van der Waals surface area contributed by atoms with Crippen LogP contribution in [-0.2, 0) is 11.3 Å². The molecule has 0 atom stereocenters. The van der Waals surface area contributed by atoms with Gasteiger partial charge in [-0.25, -0.2) is 9.48 Å². The van der Waals surface area contributed by atoms with Gasteiger partial charge in [0.15, 0.2) is 5.69 Å². The van der Waals surface area contributed by atoms with Crippen molar-refractivity contribution >= 4 is 22.6 Å². The highest BCUT2D eigenvalue weighted by atomic mass is 16.4. The molecule has 7 heteroatoms. The molecule has 0 spiro atoms. The molecule has 0 unspecified atom stereocenters. The van der Waals surface area contributed by atoms with E-state index in [4.69, 9.17) is 0 Å². The second-order valence-electron chi connectivity index (χ2n) is 5.25. The van der Waals surface area contributed by atoms with Gasteiger partial charge in [0.05, 0.1) is 5.39 Å². The highest BCUT2D eigenvalue weighted by Crippen LogP contribution is 2.13. The normalized spacial score (nSPS) is 14.5. The SMILES string of the molecule is O=C(O)c1nn(CC(=O)N2CCCC2)c(=O)c2ccccc12. The quantitative estimate of drug-likeness (QED) is 0.901. The summed E-state index contributed by atoms with van der Waals surface area (Å²) in [6, 6.07) is 6.39. The van der Waals surface area contributed by atoms with Gasteiger partial charge in [-0.05, 0) is 18.9 Å². The maximum Gasteiger partial charge on any atom is 0.357 e. The molecular formula is C15H15N3O4. The van der Waals surface area contributed by atoms with Crippen molar-refractivity contribution in [2.24, 2.45) is 0 Å². The second-order valence-corrected chi connectivity index (χ2v) is 5.25. The summed E-state index contributed by atoms with van der Waals surface area (Å²) in [6.07, 6.45) is 1.90. The van der Waals surface area contributed by atoms with Crippen LogP contribution in [0.1, 0.15) is 23.3 Å². The van der Waals surface area contributed by atoms with Crippen LogP contribution >= 0.6 is 0 Å². The van der Waals surface area contributed by atoms with Gasteiger partial charge in [0.25, 0.3) is 5.56 Å². The summed E-state index contributed by atoms with van der Waals surface area (Å²) in [7, 11) is 0. The van der Waals surface area contributed by atoms with E-state index in [0.717, 1.165) is 17.5 Å². The Balaban J connectivity index is 2.06. The minimum Gasteiger partial charge on any atom is -0.476 e. The van der Waals surface area contributed by atoms with E-state index in [9.17, 15) is 19.5 Å². The van der Waals surface area contributed by atoms with Crippen molar-refractivity contribution < 1.29 is 14.7 Å². The maximum atomic E-state index is 12.4. The second kappa shape index (κ2) is 5.59. The van der Waals surface area contributed by atoms with Gasteiger partial charge in [0, 0.05) is 18.5 Å². The first kappa shape index (κ1) is 14.2. The Morgan fingerprint density at radius 1 is 1.14 bits per heavy atom. The molecule has 3 rings (SSSR count). The number of aromatic carboxylic acids is 1. The summed E-state index contributed by atoms with van der Waals surface area (Å²) < 4.78 is 0.951. The first-order chi connectivity index (χ1) is 10.6. The molecule has 1 N–H and O–H groups in total. The van der Waals surface area contributed by atoms with Crippen molar-refractivity contribution in [2.75, 3.05) is 13.1 Å². The van der Waals surface area contributed by atoms with Crippen molar-refractivity contribution in [1.82, 2.24) is 14.7 Å². The smallest absolute Gasteiger partial charge is 0.357 e. The van der Waals surface area contributed by atoms with Crippen molar-refractivity contribution in [2.45, 2.75) is 19.4 Å². The number of amides is 1. The van der Waals surface area contributed by atoms with Crippen LogP contribution in [-0.4, -0.2) is 44.8 Å². The number of nitrogens with zero attached hydrogens (tertiary/aromatic N) is 3. The number of rotatable bonds is 3. The zero-order valence-corrected chi connectivity index (χ0v) is 11.9. The average Bonchev–Trinajstić information content (AvgIpc) is 3.04. The van der Waals surface area contributed by atoms with Gasteiger partial charge in [-0.3, -0.25) is 9.59 Å². The van der Waals surface area contributed by atoms with Crippen LogP contribution in [0.4, 0.5) is 0 Å². The van der Waals surface area contributed by atoms with Gasteiger partial charge in [-0.2, -0.15) is 5.10 Å². The largest absolute Gasteiger partial charge is 0.476 e. The number of hydrogen-bond acceptors (Lipinski definition) is 4. The van der Waals surface area contributed by atoms with Gasteiger partial charge in [-0.15, -0.1) is 0 Å². The van der Waals surface area contributed by atoms with Crippen LogP contribution in [0.25, 0.3) is 10.8 Å². The lowest BCUT2D eigenvalue weighted by Gasteiger charge is -2.16. The van der Waals surface area contributed by atoms with Gasteiger partial charge < -0.3 is 10.0 Å². The Bertz CT molecular complexity index is 806. The number of benzene rings is 1. The first-order valence-electron chi connectivity index (χ1n) is 7.09. The number of carboxylic acid groups (broad SMARTS) is 1. The summed E-state index contributed by atoms with van der Waals surface area (Å²) in [5.74, 6) is -1.43. The number of likely N-dealkylation sites (tertiary alicyclic amines) is 1. The van der Waals surface area contributed by atoms with Crippen LogP contribution in [0.15, 0.2) is 29.1 Å². The topological polar surface area (TPSA) is 92.5 Å². The maximum absolute atomic E-state index is 12.4. The van der Waals surface area contributed by atoms with E-state index < -0.39 is 11.5 Å². The number of aromatic nitrogens is 2. The van der Waals surface area contributed by atoms with Gasteiger partial charge in [-0.1, -0.05) is 18.2 Å². The fraction of sp³-hybridized carbons (Fsp3) is 0.333. The average molecular weight is 301 g/mol. The summed E-state index contributed by atoms with van der Waals surface area (Å²) >= 11 is 0. The summed E-state index contributed by atoms with van der Waals surface area (Å²) in [4.78, 5) is 37.6. The lowest BCUT2D eigenvalue weighted by molar-refractivity contribution is -0.131. The van der Waals surface area contributed by atoms with Crippen molar-refractivity contribution in [1.29, 1.82) is 0 Å². The predicted octanol–water partition coefficient (Wildman–Crippen LogP) is 0.717. The Kier molecular flexibility index (Phi) is 3.62.